The first-order chi connectivity index (χ1) is 12.6. The van der Waals surface area contributed by atoms with Crippen molar-refractivity contribution in [3.05, 3.63) is 24.3 Å². The maximum absolute atomic E-state index is 5.79. The van der Waals surface area contributed by atoms with Gasteiger partial charge >= 0.3 is 0 Å². The number of thiazole rings is 1. The summed E-state index contributed by atoms with van der Waals surface area (Å²) in [6, 6.07) is 7.95. The zero-order valence-electron chi connectivity index (χ0n) is 14.7. The number of nitrogens with two attached hydrogens (primary N) is 2. The molecule has 0 radical (unpaired) electrons. The highest BCUT2D eigenvalue weighted by atomic mass is 32.1. The van der Waals surface area contributed by atoms with Gasteiger partial charge in [0, 0.05) is 25.2 Å². The molecule has 0 bridgehead atoms. The second kappa shape index (κ2) is 6.95. The molecule has 0 atom stereocenters. The molecule has 1 saturated carbocycles. The molecule has 0 spiro atoms. The van der Waals surface area contributed by atoms with Crippen LogP contribution in [0.15, 0.2) is 24.3 Å². The first-order valence-corrected chi connectivity index (χ1v) is 9.61. The Bertz CT molecular complexity index is 901. The predicted molar refractivity (Wildman–Crippen MR) is 106 cm³/mol. The minimum absolute atomic E-state index is 0.0928. The third-order valence-electron chi connectivity index (χ3n) is 4.73. The van der Waals surface area contributed by atoms with E-state index in [1.54, 1.807) is 17.4 Å². The number of hydrogen-bond acceptors (Lipinski definition) is 8. The van der Waals surface area contributed by atoms with Gasteiger partial charge in [-0.15, -0.1) is 0 Å². The highest BCUT2D eigenvalue weighted by molar-refractivity contribution is 7.22. The summed E-state index contributed by atoms with van der Waals surface area (Å²) in [5, 5.41) is 1.06. The molecule has 0 amide bonds. The van der Waals surface area contributed by atoms with Gasteiger partial charge in [-0.1, -0.05) is 30.6 Å². The van der Waals surface area contributed by atoms with Crippen molar-refractivity contribution in [1.82, 2.24) is 15.0 Å². The van der Waals surface area contributed by atoms with Crippen LogP contribution in [-0.2, 0) is 0 Å². The van der Waals surface area contributed by atoms with Crippen LogP contribution in [0.4, 0.5) is 16.9 Å². The maximum atomic E-state index is 5.79. The van der Waals surface area contributed by atoms with Crippen molar-refractivity contribution in [2.24, 2.45) is 0 Å². The van der Waals surface area contributed by atoms with Crippen LogP contribution >= 0.6 is 11.3 Å². The predicted octanol–water partition coefficient (Wildman–Crippen LogP) is 3.81. The molecule has 7 nitrogen and oxygen atoms in total. The topological polar surface area (TPSA) is 103 Å². The van der Waals surface area contributed by atoms with Gasteiger partial charge in [-0.25, -0.2) is 4.98 Å². The van der Waals surface area contributed by atoms with Crippen LogP contribution in [0.25, 0.3) is 10.2 Å². The van der Waals surface area contributed by atoms with Crippen LogP contribution in [0.3, 0.4) is 0 Å². The van der Waals surface area contributed by atoms with E-state index in [-0.39, 0.29) is 11.8 Å². The van der Waals surface area contributed by atoms with Gasteiger partial charge in [0.1, 0.15) is 11.6 Å². The van der Waals surface area contributed by atoms with E-state index in [1.807, 2.05) is 18.2 Å². The summed E-state index contributed by atoms with van der Waals surface area (Å²) in [6.45, 7) is 0. The van der Waals surface area contributed by atoms with Crippen molar-refractivity contribution >= 4 is 38.5 Å². The smallest absolute Gasteiger partial charge is 0.226 e. The van der Waals surface area contributed by atoms with E-state index >= 15 is 0 Å². The summed E-state index contributed by atoms with van der Waals surface area (Å²) < 4.78 is 6.87. The summed E-state index contributed by atoms with van der Waals surface area (Å²) >= 11 is 1.68. The molecule has 3 aromatic rings. The molecule has 4 rings (SSSR count). The summed E-state index contributed by atoms with van der Waals surface area (Å²) in [7, 11) is 2.15. The number of ether oxygens (including phenoxy) is 1. The number of nitrogens with zero attached hydrogens (tertiary/aromatic N) is 4. The molecule has 2 heterocycles. The van der Waals surface area contributed by atoms with Crippen molar-refractivity contribution in [1.29, 1.82) is 0 Å². The van der Waals surface area contributed by atoms with Gasteiger partial charge in [0.15, 0.2) is 5.13 Å². The van der Waals surface area contributed by atoms with Crippen molar-refractivity contribution in [2.75, 3.05) is 23.4 Å². The fraction of sp³-hybridized carbons (Fsp3) is 0.389. The lowest BCUT2D eigenvalue weighted by molar-refractivity contribution is 0.427. The highest BCUT2D eigenvalue weighted by Gasteiger charge is 2.21. The van der Waals surface area contributed by atoms with Gasteiger partial charge in [0.05, 0.1) is 10.2 Å². The van der Waals surface area contributed by atoms with Crippen LogP contribution in [0.1, 0.15) is 32.1 Å². The Kier molecular flexibility index (Phi) is 4.50. The molecule has 8 heteroatoms. The molecule has 136 valence electrons. The van der Waals surface area contributed by atoms with Gasteiger partial charge in [0.2, 0.25) is 11.8 Å². The second-order valence-electron chi connectivity index (χ2n) is 6.62. The van der Waals surface area contributed by atoms with Gasteiger partial charge in [-0.2, -0.15) is 9.97 Å². The number of aromatic nitrogens is 3. The van der Waals surface area contributed by atoms with Gasteiger partial charge in [0.25, 0.3) is 0 Å². The lowest BCUT2D eigenvalue weighted by Crippen LogP contribution is -2.33. The van der Waals surface area contributed by atoms with Crippen molar-refractivity contribution in [3.63, 3.8) is 0 Å². The lowest BCUT2D eigenvalue weighted by Gasteiger charge is -2.30. The van der Waals surface area contributed by atoms with Crippen LogP contribution in [0.2, 0.25) is 0 Å². The molecule has 26 heavy (non-hydrogen) atoms. The Balaban J connectivity index is 1.57. The quantitative estimate of drug-likeness (QED) is 0.719. The van der Waals surface area contributed by atoms with Crippen LogP contribution in [-0.4, -0.2) is 28.0 Å². The molecule has 1 aromatic carbocycles. The average Bonchev–Trinajstić information content (AvgIpc) is 3.04. The summed E-state index contributed by atoms with van der Waals surface area (Å²) in [5.74, 6) is 1.38. The zero-order valence-corrected chi connectivity index (χ0v) is 15.5. The monoisotopic (exact) mass is 370 g/mol. The molecule has 0 aliphatic heterocycles. The van der Waals surface area contributed by atoms with Crippen molar-refractivity contribution in [3.8, 4) is 11.6 Å². The minimum Gasteiger partial charge on any atom is -0.439 e. The van der Waals surface area contributed by atoms with E-state index in [0.29, 0.717) is 17.7 Å². The van der Waals surface area contributed by atoms with Crippen LogP contribution < -0.4 is 21.1 Å². The Morgan fingerprint density at radius 3 is 2.65 bits per heavy atom. The number of nitrogen functional groups attached to an aromatic ring is 2. The molecule has 1 fully saturated rings. The zero-order chi connectivity index (χ0) is 18.1. The van der Waals surface area contributed by atoms with E-state index in [4.69, 9.17) is 21.2 Å². The van der Waals surface area contributed by atoms with E-state index in [9.17, 15) is 0 Å². The number of hydrogen-bond donors (Lipinski definition) is 2. The van der Waals surface area contributed by atoms with Gasteiger partial charge < -0.3 is 21.1 Å². The molecule has 0 unspecified atom stereocenters. The van der Waals surface area contributed by atoms with E-state index < -0.39 is 0 Å². The molecule has 4 N–H and O–H groups in total. The summed E-state index contributed by atoms with van der Waals surface area (Å²) in [4.78, 5) is 15.0. The third kappa shape index (κ3) is 3.50. The Labute approximate surface area is 156 Å². The molecule has 1 aliphatic carbocycles. The van der Waals surface area contributed by atoms with Gasteiger partial charge in [-0.05, 0) is 25.0 Å². The Morgan fingerprint density at radius 2 is 1.88 bits per heavy atom. The first-order valence-electron chi connectivity index (χ1n) is 8.80. The minimum atomic E-state index is 0.0928. The van der Waals surface area contributed by atoms with E-state index in [0.717, 1.165) is 15.3 Å². The third-order valence-corrected chi connectivity index (χ3v) is 5.84. The number of fused-ring (bicyclic) bond motifs is 1. The van der Waals surface area contributed by atoms with Crippen LogP contribution in [0, 0.1) is 0 Å². The number of anilines is 3. The fourth-order valence-electron chi connectivity index (χ4n) is 3.37. The second-order valence-corrected chi connectivity index (χ2v) is 7.63. The van der Waals surface area contributed by atoms with E-state index in [2.05, 4.69) is 21.9 Å². The summed E-state index contributed by atoms with van der Waals surface area (Å²) in [6.07, 6.45) is 6.46. The molecule has 2 aromatic heterocycles. The number of benzene rings is 1. The van der Waals surface area contributed by atoms with Crippen molar-refractivity contribution < 1.29 is 4.74 Å². The Morgan fingerprint density at radius 1 is 1.08 bits per heavy atom. The summed E-state index contributed by atoms with van der Waals surface area (Å²) in [5.41, 5.74) is 12.3. The fourth-order valence-corrected chi connectivity index (χ4v) is 4.39. The standard InChI is InChI=1S/C18H22N6OS/c1-24(11-5-3-2-4-6-11)18-21-13-8-7-12(9-14(13)26-18)25-16-10-15(19)22-17(20)23-16/h7-11H,2-6H2,1H3,(H4,19,20,22,23). The molecule has 0 saturated heterocycles. The maximum Gasteiger partial charge on any atom is 0.226 e. The molecular weight excluding hydrogens is 348 g/mol. The number of rotatable bonds is 4. The SMILES string of the molecule is CN(c1nc2ccc(Oc3cc(N)nc(N)n3)cc2s1)C1CCCCC1. The Hall–Kier alpha value is -2.61. The first kappa shape index (κ1) is 16.8. The van der Waals surface area contributed by atoms with E-state index in [1.165, 1.54) is 32.1 Å². The lowest BCUT2D eigenvalue weighted by atomic mass is 9.95. The average molecular weight is 370 g/mol. The van der Waals surface area contributed by atoms with Crippen molar-refractivity contribution in [2.45, 2.75) is 38.1 Å². The van der Waals surface area contributed by atoms with Gasteiger partial charge in [-0.3, -0.25) is 0 Å². The molecule has 1 aliphatic rings. The normalized spacial score (nSPS) is 15.3. The molecular formula is C18H22N6OS. The largest absolute Gasteiger partial charge is 0.439 e. The van der Waals surface area contributed by atoms with Crippen LogP contribution in [0.5, 0.6) is 11.6 Å². The highest BCUT2D eigenvalue weighted by Crippen LogP contribution is 2.35.